The third-order valence-electron chi connectivity index (χ3n) is 4.74. The molecule has 1 aliphatic rings. The Morgan fingerprint density at radius 3 is 2.52 bits per heavy atom. The fraction of sp³-hybridized carbons (Fsp3) is 0.286. The number of likely N-dealkylation sites (tertiary alicyclic amines) is 1. The van der Waals surface area contributed by atoms with Gasteiger partial charge in [0, 0.05) is 26.6 Å². The van der Waals surface area contributed by atoms with Crippen LogP contribution in [0, 0.1) is 12.8 Å². The lowest BCUT2D eigenvalue weighted by atomic mass is 10.1. The normalized spacial score (nSPS) is 16.3. The molecule has 1 aliphatic heterocycles. The quantitative estimate of drug-likeness (QED) is 0.854. The molecule has 6 nitrogen and oxygen atoms in total. The average Bonchev–Trinajstić information content (AvgIpc) is 3.04. The minimum atomic E-state index is -0.430. The molecule has 1 saturated heterocycles. The van der Waals surface area contributed by atoms with Crippen LogP contribution in [-0.2, 0) is 16.1 Å². The molecule has 2 aromatic rings. The molecule has 1 heterocycles. The first-order valence-corrected chi connectivity index (χ1v) is 8.93. The lowest BCUT2D eigenvalue weighted by Gasteiger charge is -2.17. The Morgan fingerprint density at radius 1 is 1.11 bits per heavy atom. The van der Waals surface area contributed by atoms with E-state index >= 15 is 0 Å². The molecule has 1 fully saturated rings. The summed E-state index contributed by atoms with van der Waals surface area (Å²) in [6, 6.07) is 14.8. The lowest BCUT2D eigenvalue weighted by molar-refractivity contribution is -0.128. The van der Waals surface area contributed by atoms with Crippen LogP contribution in [0.5, 0.6) is 0 Å². The Hall–Kier alpha value is -3.15. The highest BCUT2D eigenvalue weighted by molar-refractivity contribution is 6.05. The highest BCUT2D eigenvalue weighted by Gasteiger charge is 2.34. The Labute approximate surface area is 158 Å². The fourth-order valence-electron chi connectivity index (χ4n) is 3.17. The van der Waals surface area contributed by atoms with Crippen molar-refractivity contribution in [3.05, 3.63) is 65.2 Å². The number of para-hydroxylation sites is 1. The lowest BCUT2D eigenvalue weighted by Crippen LogP contribution is -2.29. The summed E-state index contributed by atoms with van der Waals surface area (Å²) < 4.78 is 0. The van der Waals surface area contributed by atoms with Crippen molar-refractivity contribution >= 4 is 23.4 Å². The van der Waals surface area contributed by atoms with Crippen molar-refractivity contribution in [2.45, 2.75) is 19.9 Å². The first-order chi connectivity index (χ1) is 13.0. The van der Waals surface area contributed by atoms with Crippen LogP contribution in [-0.4, -0.2) is 36.2 Å². The van der Waals surface area contributed by atoms with E-state index in [1.807, 2.05) is 31.2 Å². The summed E-state index contributed by atoms with van der Waals surface area (Å²) >= 11 is 0. The first kappa shape index (κ1) is 18.6. The van der Waals surface area contributed by atoms with Crippen LogP contribution in [0.2, 0.25) is 0 Å². The van der Waals surface area contributed by atoms with Gasteiger partial charge in [0.25, 0.3) is 5.91 Å². The molecule has 0 bridgehead atoms. The Balaban J connectivity index is 1.66. The maximum Gasteiger partial charge on any atom is 0.253 e. The molecule has 140 valence electrons. The molecular weight excluding hydrogens is 342 g/mol. The summed E-state index contributed by atoms with van der Waals surface area (Å²) in [5.74, 6) is -0.975. The third kappa shape index (κ3) is 4.34. The van der Waals surface area contributed by atoms with Gasteiger partial charge in [-0.2, -0.15) is 0 Å². The summed E-state index contributed by atoms with van der Waals surface area (Å²) in [6.45, 7) is 2.89. The second kappa shape index (κ2) is 8.03. The number of carbonyl (C=O) groups is 3. The third-order valence-corrected chi connectivity index (χ3v) is 4.74. The van der Waals surface area contributed by atoms with Gasteiger partial charge < -0.3 is 15.5 Å². The standard InChI is InChI=1S/C21H23N3O3/c1-14-7-9-15(10-8-14)12-24-13-16(11-19(24)25)20(26)23-18-6-4-3-5-17(18)21(27)22-2/h3-10,16H,11-13H2,1-2H3,(H,22,27)(H,23,26). The number of benzene rings is 2. The van der Waals surface area contributed by atoms with Crippen molar-refractivity contribution < 1.29 is 14.4 Å². The number of aryl methyl sites for hydroxylation is 1. The highest BCUT2D eigenvalue weighted by Crippen LogP contribution is 2.23. The second-order valence-electron chi connectivity index (χ2n) is 6.77. The van der Waals surface area contributed by atoms with Crippen molar-refractivity contribution in [3.8, 4) is 0 Å². The molecule has 0 radical (unpaired) electrons. The number of nitrogens with one attached hydrogen (secondary N) is 2. The van der Waals surface area contributed by atoms with Gasteiger partial charge in [-0.25, -0.2) is 0 Å². The van der Waals surface area contributed by atoms with Gasteiger partial charge in [-0.05, 0) is 24.6 Å². The van der Waals surface area contributed by atoms with Gasteiger partial charge in [0.05, 0.1) is 17.2 Å². The zero-order valence-electron chi connectivity index (χ0n) is 15.5. The maximum atomic E-state index is 12.6. The van der Waals surface area contributed by atoms with E-state index in [2.05, 4.69) is 10.6 Å². The molecule has 2 N–H and O–H groups in total. The number of amides is 3. The maximum absolute atomic E-state index is 12.6. The topological polar surface area (TPSA) is 78.5 Å². The molecule has 0 saturated carbocycles. The van der Waals surface area contributed by atoms with Crippen LogP contribution in [0.4, 0.5) is 5.69 Å². The summed E-state index contributed by atoms with van der Waals surface area (Å²) in [5.41, 5.74) is 3.05. The molecular formula is C21H23N3O3. The van der Waals surface area contributed by atoms with Crippen molar-refractivity contribution in [3.63, 3.8) is 0 Å². The van der Waals surface area contributed by atoms with Crippen LogP contribution in [0.1, 0.15) is 27.9 Å². The molecule has 3 rings (SSSR count). The van der Waals surface area contributed by atoms with Gasteiger partial charge in [-0.15, -0.1) is 0 Å². The Morgan fingerprint density at radius 2 is 1.81 bits per heavy atom. The summed E-state index contributed by atoms with van der Waals surface area (Å²) in [6.07, 6.45) is 0.180. The molecule has 6 heteroatoms. The number of carbonyl (C=O) groups excluding carboxylic acids is 3. The van der Waals surface area contributed by atoms with Gasteiger partial charge in [0.1, 0.15) is 0 Å². The largest absolute Gasteiger partial charge is 0.355 e. The predicted octanol–water partition coefficient (Wildman–Crippen LogP) is 2.34. The van der Waals surface area contributed by atoms with E-state index in [0.29, 0.717) is 24.3 Å². The summed E-state index contributed by atoms with van der Waals surface area (Å²) in [4.78, 5) is 38.6. The molecule has 1 unspecified atom stereocenters. The minimum Gasteiger partial charge on any atom is -0.355 e. The van der Waals surface area contributed by atoms with Crippen LogP contribution < -0.4 is 10.6 Å². The molecule has 0 aliphatic carbocycles. The van der Waals surface area contributed by atoms with Crippen LogP contribution in [0.15, 0.2) is 48.5 Å². The van der Waals surface area contributed by atoms with Crippen molar-refractivity contribution in [2.24, 2.45) is 5.92 Å². The van der Waals surface area contributed by atoms with Crippen molar-refractivity contribution in [2.75, 3.05) is 18.9 Å². The van der Waals surface area contributed by atoms with E-state index in [0.717, 1.165) is 5.56 Å². The SMILES string of the molecule is CNC(=O)c1ccccc1NC(=O)C1CC(=O)N(Cc2ccc(C)cc2)C1. The Kier molecular flexibility index (Phi) is 5.54. The molecule has 1 atom stereocenters. The van der Waals surface area contributed by atoms with E-state index in [-0.39, 0.29) is 24.1 Å². The van der Waals surface area contributed by atoms with E-state index in [9.17, 15) is 14.4 Å². The van der Waals surface area contributed by atoms with Crippen molar-refractivity contribution in [1.29, 1.82) is 0 Å². The number of hydrogen-bond donors (Lipinski definition) is 2. The molecule has 2 aromatic carbocycles. The smallest absolute Gasteiger partial charge is 0.253 e. The van der Waals surface area contributed by atoms with Crippen LogP contribution in [0.25, 0.3) is 0 Å². The highest BCUT2D eigenvalue weighted by atomic mass is 16.2. The van der Waals surface area contributed by atoms with E-state index in [4.69, 9.17) is 0 Å². The van der Waals surface area contributed by atoms with Gasteiger partial charge in [0.15, 0.2) is 0 Å². The van der Waals surface area contributed by atoms with E-state index in [1.165, 1.54) is 5.56 Å². The summed E-state index contributed by atoms with van der Waals surface area (Å²) in [7, 11) is 1.54. The monoisotopic (exact) mass is 365 g/mol. The second-order valence-corrected chi connectivity index (χ2v) is 6.77. The van der Waals surface area contributed by atoms with E-state index in [1.54, 1.807) is 36.2 Å². The first-order valence-electron chi connectivity index (χ1n) is 8.93. The van der Waals surface area contributed by atoms with Crippen LogP contribution >= 0.6 is 0 Å². The summed E-state index contributed by atoms with van der Waals surface area (Å²) in [5, 5.41) is 5.36. The predicted molar refractivity (Wildman–Crippen MR) is 103 cm³/mol. The number of rotatable bonds is 5. The van der Waals surface area contributed by atoms with Gasteiger partial charge in [-0.1, -0.05) is 42.0 Å². The van der Waals surface area contributed by atoms with Gasteiger partial charge in [-0.3, -0.25) is 14.4 Å². The molecule has 0 spiro atoms. The number of nitrogens with zero attached hydrogens (tertiary/aromatic N) is 1. The molecule has 27 heavy (non-hydrogen) atoms. The molecule has 3 amide bonds. The van der Waals surface area contributed by atoms with Gasteiger partial charge >= 0.3 is 0 Å². The Bertz CT molecular complexity index is 861. The number of anilines is 1. The van der Waals surface area contributed by atoms with Crippen LogP contribution in [0.3, 0.4) is 0 Å². The van der Waals surface area contributed by atoms with Crippen molar-refractivity contribution in [1.82, 2.24) is 10.2 Å². The van der Waals surface area contributed by atoms with Gasteiger partial charge in [0.2, 0.25) is 11.8 Å². The zero-order valence-corrected chi connectivity index (χ0v) is 15.5. The van der Waals surface area contributed by atoms with E-state index < -0.39 is 5.92 Å². The average molecular weight is 365 g/mol. The molecule has 0 aromatic heterocycles. The zero-order chi connectivity index (χ0) is 19.4. The number of hydrogen-bond acceptors (Lipinski definition) is 3. The fourth-order valence-corrected chi connectivity index (χ4v) is 3.17. The minimum absolute atomic E-state index is 0.0321.